The van der Waals surface area contributed by atoms with E-state index in [2.05, 4.69) is 54.4 Å². The molecule has 2 unspecified atom stereocenters. The molecule has 1 saturated heterocycles. The molecule has 2 atom stereocenters. The summed E-state index contributed by atoms with van der Waals surface area (Å²) in [6.07, 6.45) is 5.53. The second-order valence-electron chi connectivity index (χ2n) is 6.92. The number of hydrogen-bond acceptors (Lipinski definition) is 2. The lowest BCUT2D eigenvalue weighted by Gasteiger charge is -2.46. The zero-order valence-electron chi connectivity index (χ0n) is 12.9. The van der Waals surface area contributed by atoms with E-state index in [4.69, 9.17) is 0 Å². The van der Waals surface area contributed by atoms with Crippen LogP contribution in [-0.2, 0) is 0 Å². The van der Waals surface area contributed by atoms with E-state index < -0.39 is 0 Å². The van der Waals surface area contributed by atoms with Gasteiger partial charge in [0, 0.05) is 24.7 Å². The molecule has 0 bridgehead atoms. The molecule has 0 amide bonds. The molecule has 1 saturated carbocycles. The second kappa shape index (κ2) is 5.87. The topological polar surface area (TPSA) is 15.3 Å². The number of benzene rings is 1. The van der Waals surface area contributed by atoms with Crippen LogP contribution in [0.1, 0.15) is 51.1 Å². The van der Waals surface area contributed by atoms with Crippen LogP contribution in [0.15, 0.2) is 30.3 Å². The summed E-state index contributed by atoms with van der Waals surface area (Å²) in [6, 6.07) is 11.6. The first-order valence-electron chi connectivity index (χ1n) is 8.24. The summed E-state index contributed by atoms with van der Waals surface area (Å²) in [5, 5.41) is 3.79. The molecule has 1 aromatic rings. The van der Waals surface area contributed by atoms with Crippen molar-refractivity contribution in [2.24, 2.45) is 5.92 Å². The number of nitrogens with one attached hydrogen (secondary N) is 1. The van der Waals surface area contributed by atoms with E-state index >= 15 is 0 Å². The molecule has 2 fully saturated rings. The van der Waals surface area contributed by atoms with E-state index in [0.717, 1.165) is 12.5 Å². The average molecular weight is 272 g/mol. The van der Waals surface area contributed by atoms with Crippen LogP contribution in [0, 0.1) is 5.92 Å². The Morgan fingerprint density at radius 1 is 1.25 bits per heavy atom. The molecule has 1 N–H and O–H groups in total. The fourth-order valence-electron chi connectivity index (χ4n) is 3.32. The van der Waals surface area contributed by atoms with Gasteiger partial charge >= 0.3 is 0 Å². The monoisotopic (exact) mass is 272 g/mol. The van der Waals surface area contributed by atoms with Crippen LogP contribution < -0.4 is 5.32 Å². The Hall–Kier alpha value is -0.860. The van der Waals surface area contributed by atoms with E-state index in [0.29, 0.717) is 6.04 Å². The summed E-state index contributed by atoms with van der Waals surface area (Å²) in [7, 11) is 0. The molecule has 1 aliphatic carbocycles. The standard InChI is InChI=1S/C18H28N2/c1-3-18(2)14-20(12-11-15-9-10-15)17(13-19-18)16-7-5-4-6-8-16/h4-8,15,17,19H,3,9-14H2,1-2H3. The first-order valence-corrected chi connectivity index (χ1v) is 8.24. The van der Waals surface area contributed by atoms with Gasteiger partial charge in [0.15, 0.2) is 0 Å². The van der Waals surface area contributed by atoms with Gasteiger partial charge < -0.3 is 5.32 Å². The van der Waals surface area contributed by atoms with Gasteiger partial charge in [0.25, 0.3) is 0 Å². The molecule has 3 rings (SSSR count). The van der Waals surface area contributed by atoms with Crippen LogP contribution in [0.25, 0.3) is 0 Å². The summed E-state index contributed by atoms with van der Waals surface area (Å²) in [6.45, 7) is 8.20. The minimum atomic E-state index is 0.287. The molecule has 2 aliphatic rings. The van der Waals surface area contributed by atoms with Gasteiger partial charge in [0.1, 0.15) is 0 Å². The van der Waals surface area contributed by atoms with E-state index in [-0.39, 0.29) is 5.54 Å². The highest BCUT2D eigenvalue weighted by Gasteiger charge is 2.35. The Balaban J connectivity index is 1.72. The predicted molar refractivity (Wildman–Crippen MR) is 84.8 cm³/mol. The van der Waals surface area contributed by atoms with E-state index in [1.807, 2.05) is 0 Å². The third-order valence-corrected chi connectivity index (χ3v) is 5.20. The van der Waals surface area contributed by atoms with Gasteiger partial charge in [0.05, 0.1) is 0 Å². The minimum absolute atomic E-state index is 0.287. The van der Waals surface area contributed by atoms with Crippen LogP contribution in [0.3, 0.4) is 0 Å². The van der Waals surface area contributed by atoms with Gasteiger partial charge in [-0.25, -0.2) is 0 Å². The van der Waals surface area contributed by atoms with Crippen molar-refractivity contribution in [3.63, 3.8) is 0 Å². The third kappa shape index (κ3) is 3.24. The maximum Gasteiger partial charge on any atom is 0.0473 e. The van der Waals surface area contributed by atoms with Gasteiger partial charge in [-0.15, -0.1) is 0 Å². The zero-order valence-corrected chi connectivity index (χ0v) is 12.9. The molecular formula is C18H28N2. The van der Waals surface area contributed by atoms with Crippen molar-refractivity contribution in [1.82, 2.24) is 10.2 Å². The third-order valence-electron chi connectivity index (χ3n) is 5.20. The summed E-state index contributed by atoms with van der Waals surface area (Å²) >= 11 is 0. The lowest BCUT2D eigenvalue weighted by Crippen LogP contribution is -2.59. The molecular weight excluding hydrogens is 244 g/mol. The van der Waals surface area contributed by atoms with Crippen LogP contribution in [0.5, 0.6) is 0 Å². The maximum atomic E-state index is 3.79. The molecule has 1 heterocycles. The quantitative estimate of drug-likeness (QED) is 0.881. The van der Waals surface area contributed by atoms with E-state index in [1.54, 1.807) is 0 Å². The Morgan fingerprint density at radius 3 is 2.65 bits per heavy atom. The number of rotatable bonds is 5. The van der Waals surface area contributed by atoms with Crippen molar-refractivity contribution in [1.29, 1.82) is 0 Å². The first kappa shape index (κ1) is 14.1. The summed E-state index contributed by atoms with van der Waals surface area (Å²) < 4.78 is 0. The Bertz CT molecular complexity index is 426. The molecule has 1 aromatic carbocycles. The molecule has 110 valence electrons. The van der Waals surface area contributed by atoms with Crippen LogP contribution in [0.4, 0.5) is 0 Å². The highest BCUT2D eigenvalue weighted by molar-refractivity contribution is 5.21. The first-order chi connectivity index (χ1) is 9.70. The van der Waals surface area contributed by atoms with Crippen molar-refractivity contribution in [3.05, 3.63) is 35.9 Å². The summed E-state index contributed by atoms with van der Waals surface area (Å²) in [4.78, 5) is 2.73. The molecule has 2 nitrogen and oxygen atoms in total. The molecule has 1 aliphatic heterocycles. The maximum absolute atomic E-state index is 3.79. The smallest absolute Gasteiger partial charge is 0.0473 e. The van der Waals surface area contributed by atoms with Gasteiger partial charge in [-0.1, -0.05) is 50.1 Å². The molecule has 0 spiro atoms. The van der Waals surface area contributed by atoms with Gasteiger partial charge in [-0.2, -0.15) is 0 Å². The van der Waals surface area contributed by atoms with Crippen LogP contribution >= 0.6 is 0 Å². The normalized spacial score (nSPS) is 31.4. The zero-order chi connectivity index (χ0) is 14.0. The number of nitrogens with zero attached hydrogens (tertiary/aromatic N) is 1. The summed E-state index contributed by atoms with van der Waals surface area (Å²) in [5.41, 5.74) is 1.75. The van der Waals surface area contributed by atoms with Crippen molar-refractivity contribution < 1.29 is 0 Å². The molecule has 2 heteroatoms. The van der Waals surface area contributed by atoms with E-state index in [9.17, 15) is 0 Å². The van der Waals surface area contributed by atoms with Gasteiger partial charge in [-0.05, 0) is 37.8 Å². The number of piperazine rings is 1. The van der Waals surface area contributed by atoms with Crippen LogP contribution in [-0.4, -0.2) is 30.1 Å². The summed E-state index contributed by atoms with van der Waals surface area (Å²) in [5.74, 6) is 1.02. The second-order valence-corrected chi connectivity index (χ2v) is 6.92. The Morgan fingerprint density at radius 2 is 2.00 bits per heavy atom. The Kier molecular flexibility index (Phi) is 4.13. The van der Waals surface area contributed by atoms with Crippen molar-refractivity contribution in [2.45, 2.75) is 51.1 Å². The minimum Gasteiger partial charge on any atom is -0.308 e. The lowest BCUT2D eigenvalue weighted by atomic mass is 9.91. The van der Waals surface area contributed by atoms with Gasteiger partial charge in [0.2, 0.25) is 0 Å². The number of hydrogen-bond donors (Lipinski definition) is 1. The fourth-order valence-corrected chi connectivity index (χ4v) is 3.32. The lowest BCUT2D eigenvalue weighted by molar-refractivity contribution is 0.0815. The Labute approximate surface area is 123 Å². The molecule has 0 aromatic heterocycles. The van der Waals surface area contributed by atoms with Gasteiger partial charge in [-0.3, -0.25) is 4.90 Å². The van der Waals surface area contributed by atoms with Crippen LogP contribution in [0.2, 0.25) is 0 Å². The highest BCUT2D eigenvalue weighted by Crippen LogP contribution is 2.35. The van der Waals surface area contributed by atoms with Crippen molar-refractivity contribution in [2.75, 3.05) is 19.6 Å². The fraction of sp³-hybridized carbons (Fsp3) is 0.667. The molecule has 0 radical (unpaired) electrons. The van der Waals surface area contributed by atoms with E-state index in [1.165, 1.54) is 44.3 Å². The average Bonchev–Trinajstić information content (AvgIpc) is 3.30. The molecule has 20 heavy (non-hydrogen) atoms. The van der Waals surface area contributed by atoms with Crippen molar-refractivity contribution in [3.8, 4) is 0 Å². The predicted octanol–water partition coefficient (Wildman–Crippen LogP) is 3.60. The highest BCUT2D eigenvalue weighted by atomic mass is 15.2. The SMILES string of the molecule is CCC1(C)CN(CCC2CC2)C(c2ccccc2)CN1. The van der Waals surface area contributed by atoms with Crippen molar-refractivity contribution >= 4 is 0 Å². The largest absolute Gasteiger partial charge is 0.308 e.